The minimum atomic E-state index is 0.513. The summed E-state index contributed by atoms with van der Waals surface area (Å²) < 4.78 is 7.18. The van der Waals surface area contributed by atoms with Gasteiger partial charge in [0.2, 0.25) is 5.89 Å². The molecule has 0 amide bonds. The molecule has 0 aromatic carbocycles. The van der Waals surface area contributed by atoms with E-state index in [9.17, 15) is 0 Å². The molecule has 2 aromatic heterocycles. The van der Waals surface area contributed by atoms with Gasteiger partial charge in [0.15, 0.2) is 11.0 Å². The fourth-order valence-electron chi connectivity index (χ4n) is 1.69. The Morgan fingerprint density at radius 3 is 2.85 bits per heavy atom. The summed E-state index contributed by atoms with van der Waals surface area (Å²) in [7, 11) is 3.84. The molecule has 0 aliphatic carbocycles. The molecule has 1 N–H and O–H groups in total. The molecule has 7 nitrogen and oxygen atoms in total. The molecule has 2 heterocycles. The third-order valence-corrected chi connectivity index (χ3v) is 3.70. The molecule has 8 heteroatoms. The normalized spacial score (nSPS) is 11.4. The molecule has 0 spiro atoms. The van der Waals surface area contributed by atoms with Gasteiger partial charge < -0.3 is 14.4 Å². The quantitative estimate of drug-likeness (QED) is 0.773. The molecular formula is C12H20N6OS. The van der Waals surface area contributed by atoms with Gasteiger partial charge in [-0.3, -0.25) is 0 Å². The lowest BCUT2D eigenvalue weighted by molar-refractivity contribution is 0.360. The van der Waals surface area contributed by atoms with E-state index in [0.717, 1.165) is 17.4 Å². The SMILES string of the molecule is CNCc1nnc(SCc2noc(CC(C)C)n2)n1C. The van der Waals surface area contributed by atoms with Crippen LogP contribution in [0.2, 0.25) is 0 Å². The minimum Gasteiger partial charge on any atom is -0.339 e. The van der Waals surface area contributed by atoms with E-state index in [1.807, 2.05) is 18.7 Å². The van der Waals surface area contributed by atoms with E-state index in [1.54, 1.807) is 11.8 Å². The van der Waals surface area contributed by atoms with Gasteiger partial charge in [-0.05, 0) is 13.0 Å². The molecule has 0 saturated heterocycles. The van der Waals surface area contributed by atoms with Gasteiger partial charge in [-0.1, -0.05) is 30.8 Å². The summed E-state index contributed by atoms with van der Waals surface area (Å²) in [6.45, 7) is 4.95. The van der Waals surface area contributed by atoms with Gasteiger partial charge in [0.1, 0.15) is 5.82 Å². The van der Waals surface area contributed by atoms with Crippen molar-refractivity contribution in [3.8, 4) is 0 Å². The van der Waals surface area contributed by atoms with Crippen molar-refractivity contribution in [1.82, 2.24) is 30.2 Å². The molecule has 0 radical (unpaired) electrons. The van der Waals surface area contributed by atoms with Gasteiger partial charge in [0.25, 0.3) is 0 Å². The summed E-state index contributed by atoms with van der Waals surface area (Å²) >= 11 is 1.56. The zero-order valence-corrected chi connectivity index (χ0v) is 13.1. The number of aromatic nitrogens is 5. The largest absolute Gasteiger partial charge is 0.339 e. The Morgan fingerprint density at radius 1 is 1.35 bits per heavy atom. The molecule has 0 unspecified atom stereocenters. The van der Waals surface area contributed by atoms with E-state index >= 15 is 0 Å². The summed E-state index contributed by atoms with van der Waals surface area (Å²) in [5.41, 5.74) is 0. The van der Waals surface area contributed by atoms with Gasteiger partial charge in [0, 0.05) is 13.5 Å². The van der Waals surface area contributed by atoms with Gasteiger partial charge in [-0.2, -0.15) is 4.98 Å². The summed E-state index contributed by atoms with van der Waals surface area (Å²) in [6, 6.07) is 0. The molecule has 0 saturated carbocycles. The van der Waals surface area contributed by atoms with Crippen LogP contribution in [0.1, 0.15) is 31.4 Å². The van der Waals surface area contributed by atoms with Crippen LogP contribution >= 0.6 is 11.8 Å². The lowest BCUT2D eigenvalue weighted by Gasteiger charge is -2.01. The third kappa shape index (κ3) is 3.80. The topological polar surface area (TPSA) is 81.7 Å². The van der Waals surface area contributed by atoms with E-state index in [-0.39, 0.29) is 0 Å². The van der Waals surface area contributed by atoms with Crippen molar-refractivity contribution in [2.24, 2.45) is 13.0 Å². The van der Waals surface area contributed by atoms with Crippen molar-refractivity contribution in [2.45, 2.75) is 37.7 Å². The highest BCUT2D eigenvalue weighted by Gasteiger charge is 2.12. The zero-order valence-electron chi connectivity index (χ0n) is 12.3. The predicted molar refractivity (Wildman–Crippen MR) is 76.2 cm³/mol. The molecule has 0 fully saturated rings. The van der Waals surface area contributed by atoms with Crippen molar-refractivity contribution in [1.29, 1.82) is 0 Å². The minimum absolute atomic E-state index is 0.513. The summed E-state index contributed by atoms with van der Waals surface area (Å²) in [5, 5.41) is 16.2. The van der Waals surface area contributed by atoms with Crippen LogP contribution in [0.5, 0.6) is 0 Å². The number of nitrogens with zero attached hydrogens (tertiary/aromatic N) is 5. The predicted octanol–water partition coefficient (Wildman–Crippen LogP) is 1.41. The highest BCUT2D eigenvalue weighted by molar-refractivity contribution is 7.98. The fraction of sp³-hybridized carbons (Fsp3) is 0.667. The second-order valence-electron chi connectivity index (χ2n) is 4.98. The first-order chi connectivity index (χ1) is 9.60. The standard InChI is InChI=1S/C12H20N6OS/c1-8(2)5-11-14-9(17-19-11)7-20-12-16-15-10(6-13-3)18(12)4/h8,13H,5-7H2,1-4H3. The molecule has 0 aliphatic rings. The first-order valence-corrected chi connectivity index (χ1v) is 7.55. The monoisotopic (exact) mass is 296 g/mol. The second-order valence-corrected chi connectivity index (χ2v) is 5.92. The Hall–Kier alpha value is -1.41. The van der Waals surface area contributed by atoms with Crippen molar-refractivity contribution < 1.29 is 4.52 Å². The summed E-state index contributed by atoms with van der Waals surface area (Å²) in [4.78, 5) is 4.37. The third-order valence-electron chi connectivity index (χ3n) is 2.68. The average Bonchev–Trinajstić information content (AvgIpc) is 2.96. The molecule has 0 atom stereocenters. The first kappa shape index (κ1) is 15.0. The molecule has 110 valence electrons. The first-order valence-electron chi connectivity index (χ1n) is 6.57. The maximum absolute atomic E-state index is 5.21. The summed E-state index contributed by atoms with van der Waals surface area (Å²) in [5.74, 6) is 3.45. The molecule has 20 heavy (non-hydrogen) atoms. The Balaban J connectivity index is 1.93. The highest BCUT2D eigenvalue weighted by Crippen LogP contribution is 2.20. The Morgan fingerprint density at radius 2 is 2.15 bits per heavy atom. The molecular weight excluding hydrogens is 276 g/mol. The van der Waals surface area contributed by atoms with Gasteiger partial charge in [-0.25, -0.2) is 0 Å². The van der Waals surface area contributed by atoms with Gasteiger partial charge >= 0.3 is 0 Å². The van der Waals surface area contributed by atoms with Crippen molar-refractivity contribution in [2.75, 3.05) is 7.05 Å². The number of thioether (sulfide) groups is 1. The number of hydrogen-bond donors (Lipinski definition) is 1. The molecule has 0 bridgehead atoms. The molecule has 2 rings (SSSR count). The lowest BCUT2D eigenvalue weighted by Crippen LogP contribution is -2.10. The summed E-state index contributed by atoms with van der Waals surface area (Å²) in [6.07, 6.45) is 0.813. The van der Waals surface area contributed by atoms with Crippen molar-refractivity contribution in [3.05, 3.63) is 17.5 Å². The van der Waals surface area contributed by atoms with Crippen LogP contribution in [0, 0.1) is 5.92 Å². The number of rotatable bonds is 7. The van der Waals surface area contributed by atoms with Crippen molar-refractivity contribution >= 4 is 11.8 Å². The Bertz CT molecular complexity index is 550. The van der Waals surface area contributed by atoms with E-state index in [1.165, 1.54) is 0 Å². The van der Waals surface area contributed by atoms with Gasteiger partial charge in [0.05, 0.1) is 12.3 Å². The van der Waals surface area contributed by atoms with Crippen LogP contribution < -0.4 is 5.32 Å². The second kappa shape index (κ2) is 6.85. The highest BCUT2D eigenvalue weighted by atomic mass is 32.2. The maximum Gasteiger partial charge on any atom is 0.226 e. The maximum atomic E-state index is 5.21. The van der Waals surface area contributed by atoms with E-state index in [4.69, 9.17) is 4.52 Å². The van der Waals surface area contributed by atoms with Crippen LogP contribution in [-0.2, 0) is 25.8 Å². The smallest absolute Gasteiger partial charge is 0.226 e. The van der Waals surface area contributed by atoms with Crippen LogP contribution in [0.3, 0.4) is 0 Å². The van der Waals surface area contributed by atoms with Crippen LogP contribution in [0.4, 0.5) is 0 Å². The number of nitrogens with one attached hydrogen (secondary N) is 1. The molecule has 0 aliphatic heterocycles. The number of hydrogen-bond acceptors (Lipinski definition) is 7. The Labute approximate surface area is 122 Å². The zero-order chi connectivity index (χ0) is 14.5. The average molecular weight is 296 g/mol. The van der Waals surface area contributed by atoms with Crippen LogP contribution in [0.25, 0.3) is 0 Å². The van der Waals surface area contributed by atoms with Crippen LogP contribution in [0.15, 0.2) is 9.68 Å². The van der Waals surface area contributed by atoms with E-state index in [2.05, 4.69) is 39.5 Å². The molecule has 2 aromatic rings. The fourth-order valence-corrected chi connectivity index (χ4v) is 2.47. The van der Waals surface area contributed by atoms with E-state index in [0.29, 0.717) is 29.9 Å². The Kier molecular flexibility index (Phi) is 5.13. The van der Waals surface area contributed by atoms with Crippen LogP contribution in [-0.4, -0.2) is 32.0 Å². The van der Waals surface area contributed by atoms with E-state index < -0.39 is 0 Å². The lowest BCUT2D eigenvalue weighted by atomic mass is 10.1. The van der Waals surface area contributed by atoms with Gasteiger partial charge in [-0.15, -0.1) is 10.2 Å². The van der Waals surface area contributed by atoms with Crippen molar-refractivity contribution in [3.63, 3.8) is 0 Å².